The molecule has 2 aromatic rings. The highest BCUT2D eigenvalue weighted by Crippen LogP contribution is 2.29. The van der Waals surface area contributed by atoms with Gasteiger partial charge in [-0.05, 0) is 23.3 Å². The zero-order valence-electron chi connectivity index (χ0n) is 14.7. The third-order valence-corrected chi connectivity index (χ3v) is 4.52. The predicted molar refractivity (Wildman–Crippen MR) is 91.3 cm³/mol. The molecule has 1 aromatic carbocycles. The molecule has 28 heavy (non-hydrogen) atoms. The standard InChI is InChI=1S/C17H18F3N5O3/c18-17(19,20)28-13-2-1-10-4-24(5-11(10)3-13)8-15(26)22-12-6-25-7-14(21)23-16(25)27-9-12/h1-3,7,12H,4-6,8-9,21H2,(H,22,26). The summed E-state index contributed by atoms with van der Waals surface area (Å²) in [6.07, 6.45) is -3.08. The van der Waals surface area contributed by atoms with Gasteiger partial charge in [-0.1, -0.05) is 6.07 Å². The summed E-state index contributed by atoms with van der Waals surface area (Å²) in [6, 6.07) is 4.44. The van der Waals surface area contributed by atoms with E-state index in [0.717, 1.165) is 5.56 Å². The van der Waals surface area contributed by atoms with E-state index in [4.69, 9.17) is 10.5 Å². The van der Waals surface area contributed by atoms with E-state index >= 15 is 0 Å². The van der Waals surface area contributed by atoms with Crippen LogP contribution < -0.4 is 20.5 Å². The molecule has 0 saturated heterocycles. The van der Waals surface area contributed by atoms with E-state index in [1.165, 1.54) is 12.1 Å². The number of nitrogens with zero attached hydrogens (tertiary/aromatic N) is 3. The zero-order valence-corrected chi connectivity index (χ0v) is 14.7. The summed E-state index contributed by atoms with van der Waals surface area (Å²) in [5.41, 5.74) is 7.22. The van der Waals surface area contributed by atoms with Gasteiger partial charge in [-0.3, -0.25) is 14.3 Å². The molecule has 1 atom stereocenters. The van der Waals surface area contributed by atoms with E-state index in [-0.39, 0.29) is 24.2 Å². The zero-order chi connectivity index (χ0) is 19.9. The van der Waals surface area contributed by atoms with Crippen LogP contribution in [0.4, 0.5) is 19.0 Å². The summed E-state index contributed by atoms with van der Waals surface area (Å²) >= 11 is 0. The lowest BCUT2D eigenvalue weighted by molar-refractivity contribution is -0.274. The van der Waals surface area contributed by atoms with E-state index in [1.54, 1.807) is 16.8 Å². The maximum atomic E-state index is 12.4. The molecule has 4 rings (SSSR count). The summed E-state index contributed by atoms with van der Waals surface area (Å²) in [5.74, 6) is -0.0947. The van der Waals surface area contributed by atoms with Crippen molar-refractivity contribution in [1.82, 2.24) is 19.8 Å². The second-order valence-electron chi connectivity index (χ2n) is 6.80. The number of aromatic nitrogens is 2. The number of amides is 1. The molecule has 2 aliphatic rings. The molecule has 150 valence electrons. The fourth-order valence-corrected chi connectivity index (χ4v) is 3.44. The molecule has 0 radical (unpaired) electrons. The largest absolute Gasteiger partial charge is 0.573 e. The second-order valence-corrected chi connectivity index (χ2v) is 6.80. The van der Waals surface area contributed by atoms with Crippen molar-refractivity contribution in [1.29, 1.82) is 0 Å². The van der Waals surface area contributed by atoms with Crippen LogP contribution in [0.3, 0.4) is 0 Å². The van der Waals surface area contributed by atoms with Crippen molar-refractivity contribution in [3.05, 3.63) is 35.5 Å². The summed E-state index contributed by atoms with van der Waals surface area (Å²) < 4.78 is 48.2. The molecule has 1 amide bonds. The number of nitrogen functional groups attached to an aromatic ring is 1. The number of anilines is 1. The lowest BCUT2D eigenvalue weighted by Crippen LogP contribution is -2.47. The lowest BCUT2D eigenvalue weighted by atomic mass is 10.1. The van der Waals surface area contributed by atoms with Gasteiger partial charge in [0, 0.05) is 13.1 Å². The molecule has 0 saturated carbocycles. The van der Waals surface area contributed by atoms with Gasteiger partial charge in [-0.25, -0.2) is 0 Å². The van der Waals surface area contributed by atoms with Crippen LogP contribution in [0.2, 0.25) is 0 Å². The molecule has 2 aliphatic heterocycles. The highest BCUT2D eigenvalue weighted by molar-refractivity contribution is 5.78. The van der Waals surface area contributed by atoms with Crippen LogP contribution in [0.5, 0.6) is 11.8 Å². The maximum absolute atomic E-state index is 12.4. The Hall–Kier alpha value is -2.95. The van der Waals surface area contributed by atoms with Gasteiger partial charge in [0.05, 0.1) is 25.3 Å². The van der Waals surface area contributed by atoms with Gasteiger partial charge < -0.3 is 20.5 Å². The van der Waals surface area contributed by atoms with Gasteiger partial charge in [0.25, 0.3) is 6.01 Å². The van der Waals surface area contributed by atoms with E-state index in [1.807, 2.05) is 4.90 Å². The van der Waals surface area contributed by atoms with Crippen LogP contribution in [0.1, 0.15) is 11.1 Å². The van der Waals surface area contributed by atoms with Crippen molar-refractivity contribution in [3.8, 4) is 11.8 Å². The number of alkyl halides is 3. The van der Waals surface area contributed by atoms with E-state index in [0.29, 0.717) is 43.6 Å². The first kappa shape index (κ1) is 18.4. The Balaban J connectivity index is 1.31. The van der Waals surface area contributed by atoms with Crippen LogP contribution in [-0.4, -0.2) is 45.9 Å². The number of ether oxygens (including phenoxy) is 2. The molecule has 0 spiro atoms. The summed E-state index contributed by atoms with van der Waals surface area (Å²) in [7, 11) is 0. The first-order chi connectivity index (χ1) is 13.2. The topological polar surface area (TPSA) is 94.6 Å². The fraction of sp³-hybridized carbons (Fsp3) is 0.412. The quantitative estimate of drug-likeness (QED) is 0.807. The number of halogens is 3. The third kappa shape index (κ3) is 4.14. The molecule has 0 bridgehead atoms. The minimum Gasteiger partial charge on any atom is -0.462 e. The fourth-order valence-electron chi connectivity index (χ4n) is 3.44. The van der Waals surface area contributed by atoms with Crippen LogP contribution in [0, 0.1) is 0 Å². The molecular weight excluding hydrogens is 379 g/mol. The number of nitrogens with two attached hydrogens (primary N) is 1. The van der Waals surface area contributed by atoms with E-state index in [2.05, 4.69) is 15.0 Å². The highest BCUT2D eigenvalue weighted by atomic mass is 19.4. The molecule has 1 unspecified atom stereocenters. The molecule has 1 aromatic heterocycles. The minimum atomic E-state index is -4.73. The average molecular weight is 397 g/mol. The van der Waals surface area contributed by atoms with Crippen molar-refractivity contribution >= 4 is 11.7 Å². The first-order valence-electron chi connectivity index (χ1n) is 8.60. The SMILES string of the molecule is Nc1cn2c(n1)OCC(NC(=O)CN1Cc3ccc(OC(F)(F)F)cc3C1)C2. The van der Waals surface area contributed by atoms with Crippen LogP contribution in [0.15, 0.2) is 24.4 Å². The predicted octanol–water partition coefficient (Wildman–Crippen LogP) is 1.26. The highest BCUT2D eigenvalue weighted by Gasteiger charge is 2.32. The molecule has 3 N–H and O–H groups in total. The van der Waals surface area contributed by atoms with Crippen molar-refractivity contribution in [2.45, 2.75) is 32.0 Å². The lowest BCUT2D eigenvalue weighted by Gasteiger charge is -2.25. The van der Waals surface area contributed by atoms with Gasteiger partial charge in [-0.2, -0.15) is 4.98 Å². The number of carbonyl (C=O) groups is 1. The van der Waals surface area contributed by atoms with Gasteiger partial charge in [0.1, 0.15) is 18.2 Å². The minimum absolute atomic E-state index is 0.125. The van der Waals surface area contributed by atoms with Crippen LogP contribution in [0.25, 0.3) is 0 Å². The van der Waals surface area contributed by atoms with Crippen molar-refractivity contribution in [2.24, 2.45) is 0 Å². The Morgan fingerprint density at radius 3 is 2.93 bits per heavy atom. The monoisotopic (exact) mass is 397 g/mol. The molecule has 0 aliphatic carbocycles. The average Bonchev–Trinajstić information content (AvgIpc) is 3.13. The van der Waals surface area contributed by atoms with Gasteiger partial charge in [0.2, 0.25) is 5.91 Å². The summed E-state index contributed by atoms with van der Waals surface area (Å²) in [4.78, 5) is 18.2. The number of rotatable bonds is 4. The van der Waals surface area contributed by atoms with Gasteiger partial charge >= 0.3 is 6.36 Å². The summed E-state index contributed by atoms with van der Waals surface area (Å²) in [6.45, 7) is 1.78. The van der Waals surface area contributed by atoms with E-state index < -0.39 is 6.36 Å². The smallest absolute Gasteiger partial charge is 0.462 e. The number of carbonyl (C=O) groups excluding carboxylic acids is 1. The Labute approximate surface area is 158 Å². The number of imidazole rings is 1. The normalized spacial score (nSPS) is 18.9. The summed E-state index contributed by atoms with van der Waals surface area (Å²) in [5, 5.41) is 2.90. The van der Waals surface area contributed by atoms with Crippen LogP contribution in [-0.2, 0) is 24.4 Å². The molecule has 11 heteroatoms. The Kier molecular flexibility index (Phi) is 4.53. The van der Waals surface area contributed by atoms with Crippen molar-refractivity contribution in [2.75, 3.05) is 18.9 Å². The number of nitrogens with one attached hydrogen (secondary N) is 1. The first-order valence-corrected chi connectivity index (χ1v) is 8.60. The molecule has 3 heterocycles. The molecular formula is C17H18F3N5O3. The maximum Gasteiger partial charge on any atom is 0.573 e. The Bertz CT molecular complexity index is 899. The number of hydrogen-bond acceptors (Lipinski definition) is 6. The van der Waals surface area contributed by atoms with Gasteiger partial charge in [0.15, 0.2) is 0 Å². The van der Waals surface area contributed by atoms with Gasteiger partial charge in [-0.15, -0.1) is 13.2 Å². The Morgan fingerprint density at radius 2 is 2.14 bits per heavy atom. The third-order valence-electron chi connectivity index (χ3n) is 4.52. The number of benzene rings is 1. The Morgan fingerprint density at radius 1 is 1.36 bits per heavy atom. The van der Waals surface area contributed by atoms with Crippen molar-refractivity contribution < 1.29 is 27.4 Å². The van der Waals surface area contributed by atoms with Crippen LogP contribution >= 0.6 is 0 Å². The number of fused-ring (bicyclic) bond motifs is 2. The van der Waals surface area contributed by atoms with Crippen molar-refractivity contribution in [3.63, 3.8) is 0 Å². The number of hydrogen-bond donors (Lipinski definition) is 2. The second kappa shape index (κ2) is 6.89. The molecule has 8 nitrogen and oxygen atoms in total. The van der Waals surface area contributed by atoms with E-state index in [9.17, 15) is 18.0 Å². The molecule has 0 fully saturated rings.